The molecule has 1 rings (SSSR count). The Balaban J connectivity index is 2.60. The Hall–Kier alpha value is -1.63. The van der Waals surface area contributed by atoms with E-state index in [9.17, 15) is 12.8 Å². The van der Waals surface area contributed by atoms with Gasteiger partial charge in [0.1, 0.15) is 5.82 Å². The van der Waals surface area contributed by atoms with Crippen LogP contribution >= 0.6 is 0 Å². The predicted molar refractivity (Wildman–Crippen MR) is 88.4 cm³/mol. The van der Waals surface area contributed by atoms with Crippen LogP contribution in [-0.2, 0) is 9.84 Å². The molecule has 0 aromatic heterocycles. The van der Waals surface area contributed by atoms with E-state index in [0.717, 1.165) is 5.56 Å². The Morgan fingerprint density at radius 1 is 1.41 bits per heavy atom. The Morgan fingerprint density at radius 2 is 2.09 bits per heavy atom. The lowest BCUT2D eigenvalue weighted by atomic mass is 10.1. The number of nitrogens with zero attached hydrogens (tertiary/aromatic N) is 1. The minimum Gasteiger partial charge on any atom is -0.355 e. The van der Waals surface area contributed by atoms with Crippen molar-refractivity contribution in [1.29, 1.82) is 0 Å². The molecule has 0 bridgehead atoms. The van der Waals surface area contributed by atoms with Gasteiger partial charge >= 0.3 is 0 Å². The second kappa shape index (κ2) is 8.12. The van der Waals surface area contributed by atoms with Crippen molar-refractivity contribution in [3.8, 4) is 0 Å². The van der Waals surface area contributed by atoms with Crippen LogP contribution in [0, 0.1) is 12.7 Å². The molecular weight excluding hydrogens is 305 g/mol. The monoisotopic (exact) mass is 329 g/mol. The first-order valence-electron chi connectivity index (χ1n) is 7.22. The van der Waals surface area contributed by atoms with Crippen LogP contribution in [0.25, 0.3) is 0 Å². The number of aryl methyl sites for hydroxylation is 1. The summed E-state index contributed by atoms with van der Waals surface area (Å²) in [6.45, 7) is 5.51. The number of halogens is 1. The Morgan fingerprint density at radius 3 is 2.64 bits per heavy atom. The number of hydrogen-bond acceptors (Lipinski definition) is 3. The highest BCUT2D eigenvalue weighted by molar-refractivity contribution is 7.91. The fourth-order valence-electron chi connectivity index (χ4n) is 1.83. The SMILES string of the molecule is CCS(=O)(=O)CCNC(=NC)NC(C)c1ccc(C)c(F)c1. The highest BCUT2D eigenvalue weighted by Gasteiger charge is 2.11. The van der Waals surface area contributed by atoms with Crippen LogP contribution in [0.1, 0.15) is 31.0 Å². The van der Waals surface area contributed by atoms with Gasteiger partial charge in [-0.1, -0.05) is 19.1 Å². The van der Waals surface area contributed by atoms with E-state index in [1.165, 1.54) is 6.07 Å². The second-order valence-electron chi connectivity index (χ2n) is 5.11. The molecule has 7 heteroatoms. The number of guanidine groups is 1. The highest BCUT2D eigenvalue weighted by Crippen LogP contribution is 2.16. The molecule has 0 amide bonds. The minimum absolute atomic E-state index is 0.0533. The van der Waals surface area contributed by atoms with Crippen molar-refractivity contribution in [1.82, 2.24) is 10.6 Å². The van der Waals surface area contributed by atoms with Gasteiger partial charge in [-0.3, -0.25) is 4.99 Å². The third-order valence-electron chi connectivity index (χ3n) is 3.42. The van der Waals surface area contributed by atoms with Gasteiger partial charge in [-0.15, -0.1) is 0 Å². The average molecular weight is 329 g/mol. The molecular formula is C15H24FN3O2S. The average Bonchev–Trinajstić information content (AvgIpc) is 2.48. The Labute approximate surface area is 132 Å². The number of aliphatic imine (C=N–C) groups is 1. The number of rotatable bonds is 6. The van der Waals surface area contributed by atoms with Gasteiger partial charge in [0.15, 0.2) is 15.8 Å². The quantitative estimate of drug-likeness (QED) is 0.617. The lowest BCUT2D eigenvalue weighted by Crippen LogP contribution is -2.40. The Bertz CT molecular complexity index is 630. The first-order valence-corrected chi connectivity index (χ1v) is 9.05. The normalized spacial score (nSPS) is 13.8. The van der Waals surface area contributed by atoms with Crippen LogP contribution in [0.15, 0.2) is 23.2 Å². The van der Waals surface area contributed by atoms with Crippen LogP contribution in [0.4, 0.5) is 4.39 Å². The van der Waals surface area contributed by atoms with Gasteiger partial charge in [0.2, 0.25) is 0 Å². The first-order chi connectivity index (χ1) is 10.3. The van der Waals surface area contributed by atoms with Crippen molar-refractivity contribution in [3.63, 3.8) is 0 Å². The third kappa shape index (κ3) is 5.63. The van der Waals surface area contributed by atoms with E-state index in [2.05, 4.69) is 15.6 Å². The van der Waals surface area contributed by atoms with E-state index in [1.807, 2.05) is 13.0 Å². The van der Waals surface area contributed by atoms with Gasteiger partial charge < -0.3 is 10.6 Å². The number of sulfone groups is 1. The van der Waals surface area contributed by atoms with Gasteiger partial charge in [-0.25, -0.2) is 12.8 Å². The molecule has 0 saturated carbocycles. The van der Waals surface area contributed by atoms with Gasteiger partial charge in [0.25, 0.3) is 0 Å². The molecule has 0 radical (unpaired) electrons. The number of benzene rings is 1. The molecule has 1 aromatic carbocycles. The summed E-state index contributed by atoms with van der Waals surface area (Å²) in [5.74, 6) is 0.417. The van der Waals surface area contributed by atoms with Crippen molar-refractivity contribution < 1.29 is 12.8 Å². The standard InChI is InChI=1S/C15H24FN3O2S/c1-5-22(20,21)9-8-18-15(17-4)19-12(3)13-7-6-11(2)14(16)10-13/h6-7,10,12H,5,8-9H2,1-4H3,(H2,17,18,19). The molecule has 1 atom stereocenters. The highest BCUT2D eigenvalue weighted by atomic mass is 32.2. The molecule has 5 nitrogen and oxygen atoms in total. The minimum atomic E-state index is -3.01. The zero-order valence-electron chi connectivity index (χ0n) is 13.5. The van der Waals surface area contributed by atoms with E-state index in [0.29, 0.717) is 11.5 Å². The number of hydrogen-bond donors (Lipinski definition) is 2. The molecule has 0 aliphatic carbocycles. The molecule has 0 aliphatic rings. The summed E-state index contributed by atoms with van der Waals surface area (Å²) in [6, 6.07) is 4.92. The van der Waals surface area contributed by atoms with Crippen molar-refractivity contribution in [2.75, 3.05) is 25.1 Å². The van der Waals surface area contributed by atoms with Crippen molar-refractivity contribution in [3.05, 3.63) is 35.1 Å². The largest absolute Gasteiger partial charge is 0.355 e. The molecule has 0 saturated heterocycles. The zero-order chi connectivity index (χ0) is 16.8. The van der Waals surface area contributed by atoms with Gasteiger partial charge in [0.05, 0.1) is 11.8 Å². The fraction of sp³-hybridized carbons (Fsp3) is 0.533. The fourth-order valence-corrected chi connectivity index (χ4v) is 2.53. The summed E-state index contributed by atoms with van der Waals surface area (Å²) < 4.78 is 36.5. The zero-order valence-corrected chi connectivity index (χ0v) is 14.3. The number of nitrogens with one attached hydrogen (secondary N) is 2. The topological polar surface area (TPSA) is 70.6 Å². The van der Waals surface area contributed by atoms with Gasteiger partial charge in [-0.05, 0) is 31.0 Å². The van der Waals surface area contributed by atoms with Crippen LogP contribution in [-0.4, -0.2) is 39.5 Å². The molecule has 22 heavy (non-hydrogen) atoms. The van der Waals surface area contributed by atoms with E-state index < -0.39 is 9.84 Å². The summed E-state index contributed by atoms with van der Waals surface area (Å²) in [5.41, 5.74) is 1.40. The maximum absolute atomic E-state index is 13.6. The first kappa shape index (κ1) is 18.4. The molecule has 0 fully saturated rings. The third-order valence-corrected chi connectivity index (χ3v) is 5.12. The molecule has 1 aromatic rings. The lowest BCUT2D eigenvalue weighted by molar-refractivity contribution is 0.594. The molecule has 0 spiro atoms. The predicted octanol–water partition coefficient (Wildman–Crippen LogP) is 1.79. The Kier molecular flexibility index (Phi) is 6.80. The summed E-state index contributed by atoms with van der Waals surface area (Å²) in [4.78, 5) is 4.04. The van der Waals surface area contributed by atoms with E-state index in [4.69, 9.17) is 0 Å². The van der Waals surface area contributed by atoms with Crippen LogP contribution in [0.5, 0.6) is 0 Å². The van der Waals surface area contributed by atoms with Gasteiger partial charge in [-0.2, -0.15) is 0 Å². The van der Waals surface area contributed by atoms with Crippen LogP contribution in [0.3, 0.4) is 0 Å². The van der Waals surface area contributed by atoms with E-state index in [1.54, 1.807) is 27.0 Å². The maximum atomic E-state index is 13.6. The van der Waals surface area contributed by atoms with Crippen molar-refractivity contribution >= 4 is 15.8 Å². The summed E-state index contributed by atoms with van der Waals surface area (Å²) in [5, 5.41) is 6.06. The molecule has 0 aliphatic heterocycles. The molecule has 124 valence electrons. The summed E-state index contributed by atoms with van der Waals surface area (Å²) in [6.07, 6.45) is 0. The summed E-state index contributed by atoms with van der Waals surface area (Å²) in [7, 11) is -1.41. The lowest BCUT2D eigenvalue weighted by Gasteiger charge is -2.18. The van der Waals surface area contributed by atoms with E-state index in [-0.39, 0.29) is 29.9 Å². The molecule has 1 unspecified atom stereocenters. The smallest absolute Gasteiger partial charge is 0.191 e. The summed E-state index contributed by atoms with van der Waals surface area (Å²) >= 11 is 0. The molecule has 2 N–H and O–H groups in total. The van der Waals surface area contributed by atoms with Crippen LogP contribution < -0.4 is 10.6 Å². The second-order valence-corrected chi connectivity index (χ2v) is 7.58. The van der Waals surface area contributed by atoms with Gasteiger partial charge in [0, 0.05) is 19.3 Å². The van der Waals surface area contributed by atoms with Crippen LogP contribution in [0.2, 0.25) is 0 Å². The maximum Gasteiger partial charge on any atom is 0.191 e. The van der Waals surface area contributed by atoms with E-state index >= 15 is 0 Å². The van der Waals surface area contributed by atoms with Crippen molar-refractivity contribution in [2.24, 2.45) is 4.99 Å². The molecule has 0 heterocycles. The van der Waals surface area contributed by atoms with Crippen molar-refractivity contribution in [2.45, 2.75) is 26.8 Å².